The number of pyridine rings is 1. The molecule has 2 unspecified atom stereocenters. The van der Waals surface area contributed by atoms with Crippen molar-refractivity contribution in [1.29, 1.82) is 0 Å². The smallest absolute Gasteiger partial charge is 0.307 e. The second kappa shape index (κ2) is 6.35. The molecule has 1 aliphatic rings. The summed E-state index contributed by atoms with van der Waals surface area (Å²) in [5, 5.41) is 11.9. The van der Waals surface area contributed by atoms with E-state index in [-0.39, 0.29) is 5.91 Å². The Morgan fingerprint density at radius 2 is 1.95 bits per heavy atom. The molecule has 1 saturated carbocycles. The van der Waals surface area contributed by atoms with E-state index in [2.05, 4.69) is 26.2 Å². The number of aliphatic carboxylic acids is 1. The van der Waals surface area contributed by atoms with Gasteiger partial charge in [-0.2, -0.15) is 0 Å². The molecule has 20 heavy (non-hydrogen) atoms. The molecular weight excluding hydrogens is 324 g/mol. The highest BCUT2D eigenvalue weighted by Gasteiger charge is 2.35. The van der Waals surface area contributed by atoms with Gasteiger partial charge in [-0.15, -0.1) is 0 Å². The van der Waals surface area contributed by atoms with Crippen molar-refractivity contribution in [2.24, 2.45) is 11.8 Å². The maximum atomic E-state index is 12.3. The first kappa shape index (κ1) is 15.0. The third kappa shape index (κ3) is 3.36. The Hall–Kier alpha value is -1.43. The van der Waals surface area contributed by atoms with Crippen LogP contribution in [-0.2, 0) is 9.59 Å². The van der Waals surface area contributed by atoms with E-state index in [4.69, 9.17) is 0 Å². The van der Waals surface area contributed by atoms with Gasteiger partial charge in [0.2, 0.25) is 5.91 Å². The summed E-state index contributed by atoms with van der Waals surface area (Å²) in [4.78, 5) is 27.7. The van der Waals surface area contributed by atoms with Crippen LogP contribution in [0.5, 0.6) is 0 Å². The van der Waals surface area contributed by atoms with Crippen molar-refractivity contribution in [2.75, 3.05) is 5.32 Å². The molecule has 1 heterocycles. The van der Waals surface area contributed by atoms with Gasteiger partial charge in [0, 0.05) is 4.47 Å². The topological polar surface area (TPSA) is 79.3 Å². The summed E-state index contributed by atoms with van der Waals surface area (Å²) in [6, 6.07) is 3.51. The molecule has 0 radical (unpaired) electrons. The number of carbonyl (C=O) groups excluding carboxylic acids is 1. The molecule has 5 nitrogen and oxygen atoms in total. The SMILES string of the molecule is Cc1nc(NC(=O)C2CCCCC2C(=O)O)ccc1Br. The summed E-state index contributed by atoms with van der Waals surface area (Å²) in [6.45, 7) is 1.83. The highest BCUT2D eigenvalue weighted by molar-refractivity contribution is 9.10. The minimum absolute atomic E-state index is 0.244. The zero-order valence-corrected chi connectivity index (χ0v) is 12.8. The van der Waals surface area contributed by atoms with Gasteiger partial charge in [-0.1, -0.05) is 12.8 Å². The highest BCUT2D eigenvalue weighted by Crippen LogP contribution is 2.31. The molecule has 0 aliphatic heterocycles. The van der Waals surface area contributed by atoms with Crippen LogP contribution in [0.1, 0.15) is 31.4 Å². The normalized spacial score (nSPS) is 22.3. The van der Waals surface area contributed by atoms with Gasteiger partial charge in [-0.25, -0.2) is 4.98 Å². The van der Waals surface area contributed by atoms with Crippen molar-refractivity contribution in [3.63, 3.8) is 0 Å². The molecule has 2 atom stereocenters. The lowest BCUT2D eigenvalue weighted by molar-refractivity contribution is -0.147. The molecular formula is C14H17BrN2O3. The number of anilines is 1. The van der Waals surface area contributed by atoms with Crippen LogP contribution >= 0.6 is 15.9 Å². The van der Waals surface area contributed by atoms with Crippen LogP contribution in [0.25, 0.3) is 0 Å². The number of carbonyl (C=O) groups is 2. The minimum Gasteiger partial charge on any atom is -0.481 e. The van der Waals surface area contributed by atoms with Gasteiger partial charge in [0.15, 0.2) is 0 Å². The molecule has 1 aliphatic carbocycles. The van der Waals surface area contributed by atoms with Crippen LogP contribution in [0, 0.1) is 18.8 Å². The zero-order valence-electron chi connectivity index (χ0n) is 11.2. The third-order valence-electron chi connectivity index (χ3n) is 3.69. The number of halogens is 1. The molecule has 2 N–H and O–H groups in total. The van der Waals surface area contributed by atoms with Crippen molar-refractivity contribution >= 4 is 33.6 Å². The molecule has 6 heteroatoms. The van der Waals surface area contributed by atoms with E-state index in [9.17, 15) is 14.7 Å². The lowest BCUT2D eigenvalue weighted by Gasteiger charge is -2.27. The molecule has 0 spiro atoms. The molecule has 0 aromatic carbocycles. The fourth-order valence-corrected chi connectivity index (χ4v) is 2.79. The second-order valence-corrected chi connectivity index (χ2v) is 5.94. The number of carboxylic acids is 1. The van der Waals surface area contributed by atoms with Gasteiger partial charge in [-0.3, -0.25) is 9.59 Å². The number of carboxylic acid groups (broad SMARTS) is 1. The van der Waals surface area contributed by atoms with Gasteiger partial charge in [0.25, 0.3) is 0 Å². The predicted octanol–water partition coefficient (Wildman–Crippen LogP) is 2.98. The van der Waals surface area contributed by atoms with Crippen molar-refractivity contribution < 1.29 is 14.7 Å². The summed E-state index contributed by atoms with van der Waals surface area (Å²) in [6.07, 6.45) is 2.96. The van der Waals surface area contributed by atoms with Crippen LogP contribution < -0.4 is 5.32 Å². The van der Waals surface area contributed by atoms with E-state index in [1.54, 1.807) is 6.07 Å². The molecule has 108 valence electrons. The van der Waals surface area contributed by atoms with E-state index in [1.165, 1.54) is 0 Å². The van der Waals surface area contributed by atoms with Crippen LogP contribution in [0.2, 0.25) is 0 Å². The van der Waals surface area contributed by atoms with E-state index in [0.717, 1.165) is 23.0 Å². The lowest BCUT2D eigenvalue weighted by atomic mass is 9.79. The number of hydrogen-bond acceptors (Lipinski definition) is 3. The van der Waals surface area contributed by atoms with Crippen LogP contribution in [0.3, 0.4) is 0 Å². The molecule has 1 fully saturated rings. The van der Waals surface area contributed by atoms with E-state index in [0.29, 0.717) is 18.7 Å². The molecule has 1 aromatic heterocycles. The predicted molar refractivity (Wildman–Crippen MR) is 78.4 cm³/mol. The number of rotatable bonds is 3. The van der Waals surface area contributed by atoms with E-state index >= 15 is 0 Å². The number of aromatic nitrogens is 1. The lowest BCUT2D eigenvalue weighted by Crippen LogP contribution is -2.36. The first-order valence-corrected chi connectivity index (χ1v) is 7.45. The number of amides is 1. The second-order valence-electron chi connectivity index (χ2n) is 5.09. The molecule has 0 saturated heterocycles. The van der Waals surface area contributed by atoms with Gasteiger partial charge in [0.05, 0.1) is 17.5 Å². The van der Waals surface area contributed by atoms with Crippen LogP contribution in [-0.4, -0.2) is 22.0 Å². The molecule has 1 amide bonds. The Bertz CT molecular complexity index is 533. The fraction of sp³-hybridized carbons (Fsp3) is 0.500. The van der Waals surface area contributed by atoms with E-state index < -0.39 is 17.8 Å². The molecule has 2 rings (SSSR count). The quantitative estimate of drug-likeness (QED) is 0.886. The largest absolute Gasteiger partial charge is 0.481 e. The monoisotopic (exact) mass is 340 g/mol. The number of nitrogens with zero attached hydrogens (tertiary/aromatic N) is 1. The summed E-state index contributed by atoms with van der Waals surface area (Å²) in [7, 11) is 0. The van der Waals surface area contributed by atoms with Crippen molar-refractivity contribution in [3.05, 3.63) is 22.3 Å². The first-order valence-electron chi connectivity index (χ1n) is 6.66. The maximum absolute atomic E-state index is 12.3. The summed E-state index contributed by atoms with van der Waals surface area (Å²) in [5.74, 6) is -1.71. The Labute approximate surface area is 125 Å². The molecule has 1 aromatic rings. The van der Waals surface area contributed by atoms with Crippen LogP contribution in [0.4, 0.5) is 5.82 Å². The average Bonchev–Trinajstić information content (AvgIpc) is 2.43. The van der Waals surface area contributed by atoms with Gasteiger partial charge < -0.3 is 10.4 Å². The number of aryl methyl sites for hydroxylation is 1. The maximum Gasteiger partial charge on any atom is 0.307 e. The third-order valence-corrected chi connectivity index (χ3v) is 4.53. The van der Waals surface area contributed by atoms with E-state index in [1.807, 2.05) is 13.0 Å². The number of nitrogens with one attached hydrogen (secondary N) is 1. The van der Waals surface area contributed by atoms with Crippen LogP contribution in [0.15, 0.2) is 16.6 Å². The summed E-state index contributed by atoms with van der Waals surface area (Å²) < 4.78 is 0.872. The fourth-order valence-electron chi connectivity index (χ4n) is 2.57. The summed E-state index contributed by atoms with van der Waals surface area (Å²) in [5.41, 5.74) is 0.779. The van der Waals surface area contributed by atoms with Gasteiger partial charge in [-0.05, 0) is 47.8 Å². The Kier molecular flexibility index (Phi) is 4.75. The number of hydrogen-bond donors (Lipinski definition) is 2. The average molecular weight is 341 g/mol. The zero-order chi connectivity index (χ0) is 14.7. The Morgan fingerprint density at radius 1 is 1.30 bits per heavy atom. The Morgan fingerprint density at radius 3 is 2.55 bits per heavy atom. The highest BCUT2D eigenvalue weighted by atomic mass is 79.9. The van der Waals surface area contributed by atoms with Gasteiger partial charge >= 0.3 is 5.97 Å². The Balaban J connectivity index is 2.09. The van der Waals surface area contributed by atoms with Crippen molar-refractivity contribution in [1.82, 2.24) is 4.98 Å². The summed E-state index contributed by atoms with van der Waals surface area (Å²) >= 11 is 3.35. The molecule has 0 bridgehead atoms. The van der Waals surface area contributed by atoms with Gasteiger partial charge in [0.1, 0.15) is 5.82 Å². The van der Waals surface area contributed by atoms with Crippen molar-refractivity contribution in [2.45, 2.75) is 32.6 Å². The minimum atomic E-state index is -0.884. The first-order chi connectivity index (χ1) is 9.49. The standard InChI is InChI=1S/C14H17BrN2O3/c1-8-11(15)6-7-12(16-8)17-13(18)9-4-2-3-5-10(9)14(19)20/h6-7,9-10H,2-5H2,1H3,(H,19,20)(H,16,17,18). The van der Waals surface area contributed by atoms with Crippen molar-refractivity contribution in [3.8, 4) is 0 Å².